The van der Waals surface area contributed by atoms with Crippen LogP contribution in [0, 0.1) is 5.92 Å². The first-order chi connectivity index (χ1) is 16.2. The Balaban J connectivity index is 1.17. The predicted molar refractivity (Wildman–Crippen MR) is 132 cm³/mol. The van der Waals surface area contributed by atoms with Gasteiger partial charge in [-0.1, -0.05) is 54.6 Å². The third-order valence-corrected chi connectivity index (χ3v) is 7.18. The zero-order chi connectivity index (χ0) is 22.6. The summed E-state index contributed by atoms with van der Waals surface area (Å²) < 4.78 is 1.69. The number of aromatic amines is 1. The molecule has 3 aromatic rings. The number of rotatable bonds is 6. The fraction of sp³-hybridized carbons (Fsp3) is 0.407. The molecule has 33 heavy (non-hydrogen) atoms. The van der Waals surface area contributed by atoms with Crippen molar-refractivity contribution in [1.29, 1.82) is 0 Å². The second kappa shape index (κ2) is 9.79. The molecule has 6 heteroatoms. The van der Waals surface area contributed by atoms with Crippen molar-refractivity contribution in [2.24, 2.45) is 5.92 Å². The number of nitrogens with zero attached hydrogens (tertiary/aromatic N) is 3. The van der Waals surface area contributed by atoms with Gasteiger partial charge in [0.05, 0.1) is 11.0 Å². The number of para-hydroxylation sites is 2. The second-order valence-electron chi connectivity index (χ2n) is 9.27. The van der Waals surface area contributed by atoms with Crippen LogP contribution in [0.1, 0.15) is 31.2 Å². The van der Waals surface area contributed by atoms with Crippen molar-refractivity contribution in [3.05, 3.63) is 76.7 Å². The lowest BCUT2D eigenvalue weighted by Crippen LogP contribution is -2.55. The summed E-state index contributed by atoms with van der Waals surface area (Å²) in [5.74, 6) is 0.719. The highest BCUT2D eigenvalue weighted by Gasteiger charge is 2.37. The summed E-state index contributed by atoms with van der Waals surface area (Å²) >= 11 is 0. The van der Waals surface area contributed by atoms with E-state index in [1.807, 2.05) is 30.3 Å². The molecule has 0 saturated carbocycles. The first kappa shape index (κ1) is 21.7. The summed E-state index contributed by atoms with van der Waals surface area (Å²) in [6, 6.07) is 18.4. The van der Waals surface area contributed by atoms with Crippen molar-refractivity contribution < 1.29 is 4.79 Å². The van der Waals surface area contributed by atoms with Gasteiger partial charge in [0.25, 0.3) is 0 Å². The van der Waals surface area contributed by atoms with Crippen LogP contribution in [0.3, 0.4) is 0 Å². The van der Waals surface area contributed by atoms with Gasteiger partial charge in [0.1, 0.15) is 0 Å². The lowest BCUT2D eigenvalue weighted by atomic mass is 9.83. The van der Waals surface area contributed by atoms with E-state index in [9.17, 15) is 9.59 Å². The zero-order valence-corrected chi connectivity index (χ0v) is 19.0. The van der Waals surface area contributed by atoms with Crippen molar-refractivity contribution in [3.8, 4) is 0 Å². The highest BCUT2D eigenvalue weighted by Crippen LogP contribution is 2.31. The van der Waals surface area contributed by atoms with Gasteiger partial charge in [-0.2, -0.15) is 0 Å². The summed E-state index contributed by atoms with van der Waals surface area (Å²) in [5, 5.41) is 0. The molecule has 6 nitrogen and oxygen atoms in total. The number of hydrogen-bond donors (Lipinski definition) is 1. The molecule has 0 bridgehead atoms. The molecule has 5 rings (SSSR count). The molecular weight excluding hydrogens is 412 g/mol. The molecule has 0 unspecified atom stereocenters. The molecule has 2 aliphatic rings. The SMILES string of the molecule is O=C(CCn1c(=O)[nH]c2ccccc21)N1CCC[C@@H]2CN(C/C=C/c3ccccc3)CC[C@H]21. The van der Waals surface area contributed by atoms with Gasteiger partial charge in [0.2, 0.25) is 5.91 Å². The van der Waals surface area contributed by atoms with Crippen LogP contribution in [0.15, 0.2) is 65.5 Å². The van der Waals surface area contributed by atoms with Gasteiger partial charge in [-0.05, 0) is 42.9 Å². The van der Waals surface area contributed by atoms with Gasteiger partial charge in [0, 0.05) is 45.2 Å². The average Bonchev–Trinajstić information content (AvgIpc) is 3.17. The predicted octanol–water partition coefficient (Wildman–Crippen LogP) is 3.75. The largest absolute Gasteiger partial charge is 0.339 e. The van der Waals surface area contributed by atoms with Crippen molar-refractivity contribution >= 4 is 23.0 Å². The first-order valence-electron chi connectivity index (χ1n) is 12.1. The topological polar surface area (TPSA) is 61.3 Å². The van der Waals surface area contributed by atoms with Crippen LogP contribution in [0.5, 0.6) is 0 Å². The summed E-state index contributed by atoms with van der Waals surface area (Å²) in [7, 11) is 0. The minimum atomic E-state index is -0.141. The molecule has 2 saturated heterocycles. The van der Waals surface area contributed by atoms with E-state index in [4.69, 9.17) is 0 Å². The minimum absolute atomic E-state index is 0.141. The van der Waals surface area contributed by atoms with Gasteiger partial charge in [-0.15, -0.1) is 0 Å². The van der Waals surface area contributed by atoms with E-state index >= 15 is 0 Å². The van der Waals surface area contributed by atoms with Gasteiger partial charge in [-0.3, -0.25) is 14.3 Å². The van der Waals surface area contributed by atoms with E-state index in [1.54, 1.807) is 4.57 Å². The molecule has 0 radical (unpaired) electrons. The van der Waals surface area contributed by atoms with Crippen LogP contribution in [0.25, 0.3) is 17.1 Å². The normalized spacial score (nSPS) is 21.5. The number of nitrogens with one attached hydrogen (secondary N) is 1. The second-order valence-corrected chi connectivity index (χ2v) is 9.27. The van der Waals surface area contributed by atoms with Gasteiger partial charge in [-0.25, -0.2) is 4.79 Å². The van der Waals surface area contributed by atoms with E-state index < -0.39 is 0 Å². The Hall–Kier alpha value is -3.12. The van der Waals surface area contributed by atoms with E-state index in [0.717, 1.165) is 50.1 Å². The maximum atomic E-state index is 13.2. The minimum Gasteiger partial charge on any atom is -0.339 e. The summed E-state index contributed by atoms with van der Waals surface area (Å²) in [6.07, 6.45) is 8.09. The Kier molecular flexibility index (Phi) is 6.44. The van der Waals surface area contributed by atoms with Gasteiger partial charge in [0.15, 0.2) is 0 Å². The number of amides is 1. The Morgan fingerprint density at radius 2 is 1.85 bits per heavy atom. The highest BCUT2D eigenvalue weighted by molar-refractivity contribution is 5.78. The maximum absolute atomic E-state index is 13.2. The fourth-order valence-electron chi connectivity index (χ4n) is 5.54. The lowest BCUT2D eigenvalue weighted by Gasteiger charge is -2.47. The standard InChI is InChI=1S/C27H32N4O2/c32-26(15-19-31-25-13-5-4-12-23(25)28-27(31)33)30-17-7-11-22-20-29(18-14-24(22)30)16-6-10-21-8-2-1-3-9-21/h1-6,8-10,12-13,22,24H,7,11,14-20H2,(H,28,33)/b10-6+/t22-,24-/m1/s1. The van der Waals surface area contributed by atoms with Crippen LogP contribution < -0.4 is 5.69 Å². The molecule has 2 fully saturated rings. The molecule has 1 aromatic heterocycles. The number of H-pyrrole nitrogens is 1. The molecule has 0 aliphatic carbocycles. The smallest absolute Gasteiger partial charge is 0.326 e. The number of hydrogen-bond acceptors (Lipinski definition) is 3. The molecule has 2 atom stereocenters. The third-order valence-electron chi connectivity index (χ3n) is 7.18. The average molecular weight is 445 g/mol. The maximum Gasteiger partial charge on any atom is 0.326 e. The molecule has 2 aromatic carbocycles. The third kappa shape index (κ3) is 4.81. The van der Waals surface area contributed by atoms with Crippen molar-refractivity contribution in [2.75, 3.05) is 26.2 Å². The molecule has 0 spiro atoms. The van der Waals surface area contributed by atoms with Crippen LogP contribution in [0.4, 0.5) is 0 Å². The first-order valence-corrected chi connectivity index (χ1v) is 12.1. The number of piperidine rings is 2. The van der Waals surface area contributed by atoms with Crippen LogP contribution in [0.2, 0.25) is 0 Å². The molecule has 172 valence electrons. The fourth-order valence-corrected chi connectivity index (χ4v) is 5.54. The summed E-state index contributed by atoms with van der Waals surface area (Å²) in [4.78, 5) is 33.0. The molecule has 2 aliphatic heterocycles. The number of benzene rings is 2. The highest BCUT2D eigenvalue weighted by atomic mass is 16.2. The zero-order valence-electron chi connectivity index (χ0n) is 19.0. The van der Waals surface area contributed by atoms with Crippen LogP contribution in [-0.4, -0.2) is 57.5 Å². The van der Waals surface area contributed by atoms with Crippen LogP contribution in [-0.2, 0) is 11.3 Å². The number of likely N-dealkylation sites (tertiary alicyclic amines) is 2. The van der Waals surface area contributed by atoms with Crippen molar-refractivity contribution in [1.82, 2.24) is 19.4 Å². The Labute approximate surface area is 194 Å². The van der Waals surface area contributed by atoms with Gasteiger partial charge < -0.3 is 9.88 Å². The Morgan fingerprint density at radius 1 is 1.03 bits per heavy atom. The van der Waals surface area contributed by atoms with Crippen molar-refractivity contribution in [3.63, 3.8) is 0 Å². The molecule has 3 heterocycles. The quantitative estimate of drug-likeness (QED) is 0.630. The van der Waals surface area contributed by atoms with Crippen molar-refractivity contribution in [2.45, 2.75) is 38.3 Å². The lowest BCUT2D eigenvalue weighted by molar-refractivity contribution is -0.138. The Bertz CT molecular complexity index is 1180. The number of carbonyl (C=O) groups is 1. The number of aromatic nitrogens is 2. The Morgan fingerprint density at radius 3 is 2.73 bits per heavy atom. The number of carbonyl (C=O) groups excluding carboxylic acids is 1. The van der Waals surface area contributed by atoms with E-state index in [1.165, 1.54) is 12.0 Å². The summed E-state index contributed by atoms with van der Waals surface area (Å²) in [6.45, 7) is 4.29. The van der Waals surface area contributed by atoms with E-state index in [2.05, 4.69) is 51.2 Å². The van der Waals surface area contributed by atoms with Crippen LogP contribution >= 0.6 is 0 Å². The number of aryl methyl sites for hydroxylation is 1. The number of fused-ring (bicyclic) bond motifs is 2. The van der Waals surface area contributed by atoms with E-state index in [0.29, 0.717) is 24.9 Å². The molecular formula is C27H32N4O2. The monoisotopic (exact) mass is 444 g/mol. The summed E-state index contributed by atoms with van der Waals surface area (Å²) in [5.41, 5.74) is 2.78. The number of imidazole rings is 1. The van der Waals surface area contributed by atoms with Gasteiger partial charge >= 0.3 is 5.69 Å². The molecule has 1 amide bonds. The molecule has 1 N–H and O–H groups in total. The van der Waals surface area contributed by atoms with E-state index in [-0.39, 0.29) is 11.6 Å².